The van der Waals surface area contributed by atoms with E-state index in [2.05, 4.69) is 88.5 Å². The van der Waals surface area contributed by atoms with Crippen molar-refractivity contribution in [2.24, 2.45) is 11.5 Å². The molecule has 1 aromatic heterocycles. The molecule has 0 unspecified atom stereocenters. The summed E-state index contributed by atoms with van der Waals surface area (Å²) < 4.78 is 44.9. The molecule has 2 heterocycles. The molecule has 0 spiro atoms. The van der Waals surface area contributed by atoms with Crippen molar-refractivity contribution in [3.05, 3.63) is 89.1 Å². The molecule has 4 aromatic rings. The van der Waals surface area contributed by atoms with Crippen molar-refractivity contribution in [1.29, 1.82) is 0 Å². The van der Waals surface area contributed by atoms with E-state index in [9.17, 15) is 13.2 Å². The maximum atomic E-state index is 12.9. The Hall–Kier alpha value is -3.37. The van der Waals surface area contributed by atoms with Crippen molar-refractivity contribution in [2.75, 3.05) is 32.7 Å². The van der Waals surface area contributed by atoms with Crippen LogP contribution in [0.2, 0.25) is 0 Å². The highest BCUT2D eigenvalue weighted by Gasteiger charge is 2.32. The lowest BCUT2D eigenvalue weighted by atomic mass is 9.90. The number of nitrogens with two attached hydrogens (primary N) is 2. The van der Waals surface area contributed by atoms with Crippen molar-refractivity contribution in [1.82, 2.24) is 14.4 Å². The second-order valence-electron chi connectivity index (χ2n) is 12.0. The number of benzene rings is 3. The van der Waals surface area contributed by atoms with Crippen LogP contribution in [0.25, 0.3) is 22.0 Å². The first-order valence-corrected chi connectivity index (χ1v) is 14.9. The first-order valence-electron chi connectivity index (χ1n) is 14.9. The monoisotopic (exact) mass is 593 g/mol. The Balaban J connectivity index is 1.39. The van der Waals surface area contributed by atoms with Crippen LogP contribution in [0.3, 0.4) is 0 Å². The number of alkyl halides is 3. The molecule has 230 valence electrons. The minimum atomic E-state index is -4.76. The minimum Gasteiger partial charge on any atom is -0.406 e. The van der Waals surface area contributed by atoms with Crippen molar-refractivity contribution in [3.8, 4) is 16.9 Å². The fourth-order valence-corrected chi connectivity index (χ4v) is 6.23. The van der Waals surface area contributed by atoms with Gasteiger partial charge in [0.05, 0.1) is 0 Å². The van der Waals surface area contributed by atoms with Gasteiger partial charge in [-0.25, -0.2) is 0 Å². The number of hydrogen-bond acceptors (Lipinski definition) is 5. The highest BCUT2D eigenvalue weighted by Crippen LogP contribution is 2.37. The van der Waals surface area contributed by atoms with E-state index in [0.717, 1.165) is 67.7 Å². The van der Waals surface area contributed by atoms with Gasteiger partial charge in [0.1, 0.15) is 5.75 Å². The Morgan fingerprint density at radius 2 is 1.65 bits per heavy atom. The van der Waals surface area contributed by atoms with Gasteiger partial charge in [-0.2, -0.15) is 0 Å². The summed E-state index contributed by atoms with van der Waals surface area (Å²) in [7, 11) is 0. The van der Waals surface area contributed by atoms with Gasteiger partial charge in [0, 0.05) is 74.0 Å². The lowest BCUT2D eigenvalue weighted by molar-refractivity contribution is -0.274. The van der Waals surface area contributed by atoms with Crippen molar-refractivity contribution in [2.45, 2.75) is 58.7 Å². The fraction of sp³-hybridized carbons (Fsp3) is 0.412. The van der Waals surface area contributed by atoms with Crippen LogP contribution >= 0.6 is 0 Å². The number of hydrogen-bond donors (Lipinski definition) is 2. The van der Waals surface area contributed by atoms with E-state index in [1.54, 1.807) is 6.07 Å². The zero-order chi connectivity index (χ0) is 30.8. The molecule has 0 amide bonds. The molecule has 4 N–H and O–H groups in total. The summed E-state index contributed by atoms with van der Waals surface area (Å²) in [5.41, 5.74) is 19.0. The molecule has 1 aliphatic heterocycles. The Morgan fingerprint density at radius 1 is 0.884 bits per heavy atom. The third-order valence-electron chi connectivity index (χ3n) is 8.66. The molecule has 0 saturated carbocycles. The van der Waals surface area contributed by atoms with Gasteiger partial charge in [0.25, 0.3) is 0 Å². The molecule has 9 heteroatoms. The van der Waals surface area contributed by atoms with Gasteiger partial charge in [0.2, 0.25) is 0 Å². The SMILES string of the molecule is Cc1cccc(C(C)(C)N2CCN(Cc3ccc4c(c3)c(-c3ccc(OC(F)(F)F)cc3CN)cn4CCCN)CC2)c1. The lowest BCUT2D eigenvalue weighted by Gasteiger charge is -2.44. The predicted molar refractivity (Wildman–Crippen MR) is 167 cm³/mol. The van der Waals surface area contributed by atoms with Crippen molar-refractivity contribution >= 4 is 10.9 Å². The average molecular weight is 594 g/mol. The number of aromatic nitrogens is 1. The van der Waals surface area contributed by atoms with Crippen LogP contribution < -0.4 is 16.2 Å². The number of piperazine rings is 1. The number of aryl methyl sites for hydroxylation is 2. The van der Waals surface area contributed by atoms with E-state index in [0.29, 0.717) is 12.1 Å². The number of fused-ring (bicyclic) bond motifs is 1. The Morgan fingerprint density at radius 3 is 2.33 bits per heavy atom. The van der Waals surface area contributed by atoms with Crippen LogP contribution in [0.4, 0.5) is 13.2 Å². The van der Waals surface area contributed by atoms with E-state index in [4.69, 9.17) is 11.5 Å². The van der Waals surface area contributed by atoms with Gasteiger partial charge in [-0.1, -0.05) is 42.0 Å². The van der Waals surface area contributed by atoms with Crippen LogP contribution in [-0.2, 0) is 25.2 Å². The summed E-state index contributed by atoms with van der Waals surface area (Å²) in [5.74, 6) is -0.269. The summed E-state index contributed by atoms with van der Waals surface area (Å²) in [5, 5.41) is 1.05. The molecule has 0 atom stereocenters. The molecule has 1 aliphatic rings. The highest BCUT2D eigenvalue weighted by molar-refractivity contribution is 5.97. The normalized spacial score (nSPS) is 15.3. The first kappa shape index (κ1) is 31.1. The van der Waals surface area contributed by atoms with Gasteiger partial charge >= 0.3 is 6.36 Å². The molecule has 43 heavy (non-hydrogen) atoms. The molecule has 6 nitrogen and oxygen atoms in total. The largest absolute Gasteiger partial charge is 0.573 e. The zero-order valence-corrected chi connectivity index (χ0v) is 25.3. The number of halogens is 3. The van der Waals surface area contributed by atoms with E-state index in [1.807, 2.05) is 0 Å². The third-order valence-corrected chi connectivity index (χ3v) is 8.66. The summed E-state index contributed by atoms with van der Waals surface area (Å²) in [6.07, 6.45) is -1.88. The maximum absolute atomic E-state index is 12.9. The van der Waals surface area contributed by atoms with Crippen LogP contribution in [-0.4, -0.2) is 53.5 Å². The summed E-state index contributed by atoms with van der Waals surface area (Å²) >= 11 is 0. The molecular formula is C34H42F3N5O. The molecule has 0 radical (unpaired) electrons. The van der Waals surface area contributed by atoms with Gasteiger partial charge in [-0.15, -0.1) is 13.2 Å². The quantitative estimate of drug-likeness (QED) is 0.223. The van der Waals surface area contributed by atoms with Gasteiger partial charge < -0.3 is 20.8 Å². The fourth-order valence-electron chi connectivity index (χ4n) is 6.23. The second kappa shape index (κ2) is 12.7. The Kier molecular flexibility index (Phi) is 9.18. The topological polar surface area (TPSA) is 72.7 Å². The molecule has 5 rings (SSSR count). The average Bonchev–Trinajstić information content (AvgIpc) is 3.33. The molecular weight excluding hydrogens is 551 g/mol. The van der Waals surface area contributed by atoms with Crippen molar-refractivity contribution < 1.29 is 17.9 Å². The molecule has 0 aliphatic carbocycles. The highest BCUT2D eigenvalue weighted by atomic mass is 19.4. The molecule has 0 bridgehead atoms. The molecule has 1 saturated heterocycles. The summed E-state index contributed by atoms with van der Waals surface area (Å²) in [4.78, 5) is 5.06. The van der Waals surface area contributed by atoms with E-state index in [1.165, 1.54) is 28.8 Å². The summed E-state index contributed by atoms with van der Waals surface area (Å²) in [6, 6.07) is 19.7. The van der Waals surface area contributed by atoms with E-state index in [-0.39, 0.29) is 17.8 Å². The smallest absolute Gasteiger partial charge is 0.406 e. The molecule has 1 fully saturated rings. The Bertz CT molecular complexity index is 1550. The van der Waals surface area contributed by atoms with Gasteiger partial charge in [-0.3, -0.25) is 9.80 Å². The van der Waals surface area contributed by atoms with Crippen molar-refractivity contribution in [3.63, 3.8) is 0 Å². The number of ether oxygens (including phenoxy) is 1. The Labute approximate surface area is 252 Å². The maximum Gasteiger partial charge on any atom is 0.573 e. The standard InChI is InChI=1S/C34H42F3N5O/c1-24-6-4-7-27(18-24)33(2,3)42-16-14-40(15-17-42)22-25-8-11-32-30(19-25)31(23-41(32)13-5-12-38)29-10-9-28(20-26(29)21-39)43-34(35,36)37/h4,6-11,18-20,23H,5,12-17,21-22,38-39H2,1-3H3. The van der Waals surface area contributed by atoms with Crippen LogP contribution in [0, 0.1) is 6.92 Å². The van der Waals surface area contributed by atoms with E-state index >= 15 is 0 Å². The number of nitrogens with zero attached hydrogens (tertiary/aromatic N) is 3. The predicted octanol–water partition coefficient (Wildman–Crippen LogP) is 6.38. The van der Waals surface area contributed by atoms with Crippen LogP contribution in [0.1, 0.15) is 42.5 Å². The zero-order valence-electron chi connectivity index (χ0n) is 25.3. The first-order chi connectivity index (χ1) is 20.5. The van der Waals surface area contributed by atoms with Crippen LogP contribution in [0.15, 0.2) is 66.9 Å². The summed E-state index contributed by atoms with van der Waals surface area (Å²) in [6.45, 7) is 12.9. The van der Waals surface area contributed by atoms with Gasteiger partial charge in [0.15, 0.2) is 0 Å². The third kappa shape index (κ3) is 7.07. The minimum absolute atomic E-state index is 0.0419. The van der Waals surface area contributed by atoms with Gasteiger partial charge in [-0.05, 0) is 80.3 Å². The van der Waals surface area contributed by atoms with Crippen LogP contribution in [0.5, 0.6) is 5.75 Å². The van der Waals surface area contributed by atoms with E-state index < -0.39 is 6.36 Å². The number of rotatable bonds is 10. The lowest BCUT2D eigenvalue weighted by Crippen LogP contribution is -2.52. The molecule has 3 aromatic carbocycles. The second-order valence-corrected chi connectivity index (χ2v) is 12.0.